The predicted octanol–water partition coefficient (Wildman–Crippen LogP) is 2.87. The van der Waals surface area contributed by atoms with Gasteiger partial charge in [0, 0.05) is 18.8 Å². The van der Waals surface area contributed by atoms with Gasteiger partial charge in [0.1, 0.15) is 0 Å². The Morgan fingerprint density at radius 1 is 1.09 bits per heavy atom. The van der Waals surface area contributed by atoms with Crippen LogP contribution >= 0.6 is 0 Å². The average molecular weight is 328 g/mol. The Morgan fingerprint density at radius 3 is 2.48 bits per heavy atom. The van der Waals surface area contributed by atoms with Crippen molar-refractivity contribution in [1.82, 2.24) is 4.31 Å². The number of para-hydroxylation sites is 1. The number of nitrogens with zero attached hydrogens (tertiary/aromatic N) is 1. The lowest BCUT2D eigenvalue weighted by molar-refractivity contribution is 0.438. The van der Waals surface area contributed by atoms with Crippen LogP contribution in [0.5, 0.6) is 0 Å². The van der Waals surface area contributed by atoms with E-state index in [1.165, 1.54) is 0 Å². The second-order valence-electron chi connectivity index (χ2n) is 6.66. The number of nitrogens with one attached hydrogen (secondary N) is 1. The third-order valence-electron chi connectivity index (χ3n) is 4.94. The predicted molar refractivity (Wildman–Crippen MR) is 90.8 cm³/mol. The number of sulfonamides is 1. The van der Waals surface area contributed by atoms with Crippen molar-refractivity contribution in [2.75, 3.05) is 18.4 Å². The molecule has 0 amide bonds. The lowest BCUT2D eigenvalue weighted by atomic mass is 10.2. The Kier molecular flexibility index (Phi) is 3.25. The summed E-state index contributed by atoms with van der Waals surface area (Å²) in [6.45, 7) is 3.11. The maximum absolute atomic E-state index is 12.8. The van der Waals surface area contributed by atoms with Crippen molar-refractivity contribution in [2.24, 2.45) is 5.92 Å². The molecule has 120 valence electrons. The Balaban J connectivity index is 1.54. The highest BCUT2D eigenvalue weighted by atomic mass is 32.2. The lowest BCUT2D eigenvalue weighted by Crippen LogP contribution is -2.36. The van der Waals surface area contributed by atoms with E-state index in [4.69, 9.17) is 0 Å². The fourth-order valence-electron chi connectivity index (χ4n) is 3.48. The molecule has 0 bridgehead atoms. The van der Waals surface area contributed by atoms with Crippen LogP contribution in [0.1, 0.15) is 12.0 Å². The Morgan fingerprint density at radius 2 is 1.78 bits per heavy atom. The fraction of sp³-hybridized carbons (Fsp3) is 0.333. The quantitative estimate of drug-likeness (QED) is 0.939. The third kappa shape index (κ3) is 2.54. The van der Waals surface area contributed by atoms with E-state index in [1.807, 2.05) is 49.4 Å². The second kappa shape index (κ2) is 5.08. The van der Waals surface area contributed by atoms with Crippen molar-refractivity contribution in [3.05, 3.63) is 60.2 Å². The van der Waals surface area contributed by atoms with Gasteiger partial charge < -0.3 is 5.32 Å². The molecule has 1 aliphatic heterocycles. The number of anilines is 1. The zero-order valence-corrected chi connectivity index (χ0v) is 13.9. The van der Waals surface area contributed by atoms with Gasteiger partial charge in [-0.2, -0.15) is 4.31 Å². The highest BCUT2D eigenvalue weighted by molar-refractivity contribution is 7.89. The standard InChI is InChI=1S/C18H20N2O2S/c1-14-7-9-17(10-8-14)23(21,22)20-12-15-11-18(15,13-20)19-16-5-3-2-4-6-16/h2-10,15,19H,11-13H2,1H3. The molecule has 2 aromatic rings. The summed E-state index contributed by atoms with van der Waals surface area (Å²) in [7, 11) is -3.40. The van der Waals surface area contributed by atoms with Crippen LogP contribution in [0.2, 0.25) is 0 Å². The zero-order chi connectivity index (χ0) is 16.1. The molecule has 1 heterocycles. The Labute approximate surface area is 137 Å². The first kappa shape index (κ1) is 14.7. The molecule has 2 aromatic carbocycles. The summed E-state index contributed by atoms with van der Waals surface area (Å²) >= 11 is 0. The molecule has 4 rings (SSSR count). The summed E-state index contributed by atoms with van der Waals surface area (Å²) in [4.78, 5) is 0.388. The van der Waals surface area contributed by atoms with E-state index in [9.17, 15) is 8.42 Å². The first-order valence-electron chi connectivity index (χ1n) is 7.90. The molecule has 1 aliphatic carbocycles. The third-order valence-corrected chi connectivity index (χ3v) is 6.77. The summed E-state index contributed by atoms with van der Waals surface area (Å²) in [5.41, 5.74) is 2.04. The molecule has 1 N–H and O–H groups in total. The van der Waals surface area contributed by atoms with Crippen molar-refractivity contribution in [1.29, 1.82) is 0 Å². The second-order valence-corrected chi connectivity index (χ2v) is 8.60. The molecular formula is C18H20N2O2S. The van der Waals surface area contributed by atoms with E-state index in [2.05, 4.69) is 5.32 Å². The first-order valence-corrected chi connectivity index (χ1v) is 9.34. The number of fused-ring (bicyclic) bond motifs is 1. The summed E-state index contributed by atoms with van der Waals surface area (Å²) in [6, 6.07) is 17.1. The molecular weight excluding hydrogens is 308 g/mol. The molecule has 1 saturated heterocycles. The molecule has 2 unspecified atom stereocenters. The largest absolute Gasteiger partial charge is 0.378 e. The molecule has 0 aromatic heterocycles. The number of aryl methyl sites for hydroxylation is 1. The Hall–Kier alpha value is -1.85. The van der Waals surface area contributed by atoms with Crippen molar-refractivity contribution >= 4 is 15.7 Å². The summed E-state index contributed by atoms with van der Waals surface area (Å²) in [5, 5.41) is 3.55. The number of rotatable bonds is 4. The van der Waals surface area contributed by atoms with E-state index >= 15 is 0 Å². The minimum absolute atomic E-state index is 0.0842. The monoisotopic (exact) mass is 328 g/mol. The molecule has 4 nitrogen and oxygen atoms in total. The number of hydrogen-bond acceptors (Lipinski definition) is 3. The fourth-order valence-corrected chi connectivity index (χ4v) is 5.04. The molecule has 23 heavy (non-hydrogen) atoms. The highest BCUT2D eigenvalue weighted by Crippen LogP contribution is 2.52. The summed E-state index contributed by atoms with van der Waals surface area (Å²) < 4.78 is 27.2. The first-order chi connectivity index (χ1) is 11.0. The van der Waals surface area contributed by atoms with E-state index in [-0.39, 0.29) is 5.54 Å². The summed E-state index contributed by atoms with van der Waals surface area (Å²) in [5.74, 6) is 0.405. The van der Waals surface area contributed by atoms with Gasteiger partial charge in [-0.15, -0.1) is 0 Å². The van der Waals surface area contributed by atoms with E-state index < -0.39 is 10.0 Å². The van der Waals surface area contributed by atoms with E-state index in [1.54, 1.807) is 16.4 Å². The van der Waals surface area contributed by atoms with Gasteiger partial charge in [0.15, 0.2) is 0 Å². The van der Waals surface area contributed by atoms with Crippen LogP contribution in [0, 0.1) is 12.8 Å². The van der Waals surface area contributed by atoms with Crippen LogP contribution in [0.3, 0.4) is 0 Å². The zero-order valence-electron chi connectivity index (χ0n) is 13.1. The molecule has 2 aliphatic rings. The van der Waals surface area contributed by atoms with Crippen LogP contribution in [0.25, 0.3) is 0 Å². The molecule has 5 heteroatoms. The topological polar surface area (TPSA) is 49.4 Å². The SMILES string of the molecule is Cc1ccc(S(=O)(=O)N2CC3CC3(Nc3ccccc3)C2)cc1. The number of hydrogen-bond donors (Lipinski definition) is 1. The number of benzene rings is 2. The maximum Gasteiger partial charge on any atom is 0.243 e. The van der Waals surface area contributed by atoms with Crippen LogP contribution in [0.4, 0.5) is 5.69 Å². The van der Waals surface area contributed by atoms with Gasteiger partial charge in [0.05, 0.1) is 10.4 Å². The highest BCUT2D eigenvalue weighted by Gasteiger charge is 2.62. The minimum Gasteiger partial charge on any atom is -0.378 e. The molecule has 2 fully saturated rings. The van der Waals surface area contributed by atoms with Crippen molar-refractivity contribution in [3.8, 4) is 0 Å². The van der Waals surface area contributed by atoms with Gasteiger partial charge in [-0.3, -0.25) is 0 Å². The van der Waals surface area contributed by atoms with Crippen LogP contribution in [-0.2, 0) is 10.0 Å². The molecule has 0 radical (unpaired) electrons. The van der Waals surface area contributed by atoms with Gasteiger partial charge in [-0.25, -0.2) is 8.42 Å². The molecule has 2 atom stereocenters. The van der Waals surface area contributed by atoms with Crippen molar-refractivity contribution < 1.29 is 8.42 Å². The Bertz CT molecular complexity index is 818. The molecule has 0 spiro atoms. The van der Waals surface area contributed by atoms with Crippen LogP contribution < -0.4 is 5.32 Å². The maximum atomic E-state index is 12.8. The van der Waals surface area contributed by atoms with Crippen molar-refractivity contribution in [3.63, 3.8) is 0 Å². The smallest absolute Gasteiger partial charge is 0.243 e. The average Bonchev–Trinajstić information content (AvgIpc) is 3.08. The minimum atomic E-state index is -3.40. The van der Waals surface area contributed by atoms with E-state index in [0.717, 1.165) is 17.7 Å². The number of piperidine rings is 1. The normalized spacial score (nSPS) is 26.7. The summed E-state index contributed by atoms with van der Waals surface area (Å²) in [6.07, 6.45) is 1.04. The van der Waals surface area contributed by atoms with Gasteiger partial charge in [-0.05, 0) is 43.5 Å². The van der Waals surface area contributed by atoms with Crippen LogP contribution in [-0.4, -0.2) is 31.4 Å². The van der Waals surface area contributed by atoms with Crippen LogP contribution in [0.15, 0.2) is 59.5 Å². The van der Waals surface area contributed by atoms with Gasteiger partial charge >= 0.3 is 0 Å². The molecule has 1 saturated carbocycles. The van der Waals surface area contributed by atoms with Crippen molar-refractivity contribution in [2.45, 2.75) is 23.8 Å². The van der Waals surface area contributed by atoms with Gasteiger partial charge in [0.25, 0.3) is 0 Å². The lowest BCUT2D eigenvalue weighted by Gasteiger charge is -2.22. The van der Waals surface area contributed by atoms with Gasteiger partial charge in [-0.1, -0.05) is 35.9 Å². The van der Waals surface area contributed by atoms with E-state index in [0.29, 0.717) is 23.9 Å². The van der Waals surface area contributed by atoms with Gasteiger partial charge in [0.2, 0.25) is 10.0 Å².